The molecule has 0 atom stereocenters. The van der Waals surface area contributed by atoms with Crippen molar-refractivity contribution < 1.29 is 46.5 Å². The summed E-state index contributed by atoms with van der Waals surface area (Å²) in [6.07, 6.45) is 0. The Labute approximate surface area is 222 Å². The van der Waals surface area contributed by atoms with Gasteiger partial charge < -0.3 is 24.8 Å². The molecular formula is C30H22Cl2Ti. The molecule has 0 radical (unpaired) electrons. The van der Waals surface area contributed by atoms with Gasteiger partial charge in [-0.05, 0) is 0 Å². The maximum atomic E-state index is 2.24. The third-order valence-corrected chi connectivity index (χ3v) is 5.45. The van der Waals surface area contributed by atoms with Crippen molar-refractivity contribution in [3.05, 3.63) is 133 Å². The monoisotopic (exact) mass is 500 g/mol. The van der Waals surface area contributed by atoms with E-state index in [1.54, 1.807) is 0 Å². The predicted octanol–water partition coefficient (Wildman–Crippen LogP) is 2.46. The molecule has 0 aliphatic rings. The normalized spacial score (nSPS) is 9.70. The van der Waals surface area contributed by atoms with Gasteiger partial charge in [-0.2, -0.15) is 0 Å². The van der Waals surface area contributed by atoms with Crippen LogP contribution in [-0.2, 0) is 21.7 Å². The number of fused-ring (bicyclic) bond motifs is 2. The molecule has 6 aromatic carbocycles. The molecule has 33 heavy (non-hydrogen) atoms. The topological polar surface area (TPSA) is 0 Å². The molecule has 0 heterocycles. The average Bonchev–Trinajstić information content (AvgIpc) is 3.45. The van der Waals surface area contributed by atoms with Crippen molar-refractivity contribution in [3.63, 3.8) is 0 Å². The van der Waals surface area contributed by atoms with Crippen molar-refractivity contribution in [2.24, 2.45) is 0 Å². The molecule has 0 spiro atoms. The minimum absolute atomic E-state index is 0. The van der Waals surface area contributed by atoms with Crippen LogP contribution in [0.1, 0.15) is 0 Å². The van der Waals surface area contributed by atoms with Crippen LogP contribution in [0.5, 0.6) is 0 Å². The second-order valence-electron chi connectivity index (χ2n) is 7.48. The SMILES string of the molecule is [Cl-].[Cl-].[Ti+4].c1ccc(-c2cc3ccccc3[cH-]2)cc1.c1ccc(-c2cc3ccccc3[cH-]2)cc1. The second-order valence-corrected chi connectivity index (χ2v) is 7.48. The van der Waals surface area contributed by atoms with Gasteiger partial charge in [-0.15, -0.1) is 69.1 Å². The van der Waals surface area contributed by atoms with E-state index in [0.717, 1.165) is 0 Å². The summed E-state index contributed by atoms with van der Waals surface area (Å²) in [6, 6.07) is 46.9. The van der Waals surface area contributed by atoms with Crippen LogP contribution in [-0.4, -0.2) is 0 Å². The maximum Gasteiger partial charge on any atom is 4.00 e. The molecule has 0 amide bonds. The molecule has 0 saturated heterocycles. The third-order valence-electron chi connectivity index (χ3n) is 5.45. The first-order valence-electron chi connectivity index (χ1n) is 10.3. The van der Waals surface area contributed by atoms with Crippen molar-refractivity contribution >= 4 is 21.5 Å². The van der Waals surface area contributed by atoms with Crippen molar-refractivity contribution in [1.82, 2.24) is 0 Å². The zero-order chi connectivity index (χ0) is 20.2. The molecule has 0 fully saturated rings. The summed E-state index contributed by atoms with van der Waals surface area (Å²) in [5.74, 6) is 0. The van der Waals surface area contributed by atoms with Gasteiger partial charge in [0.1, 0.15) is 0 Å². The number of benzene rings is 4. The van der Waals surface area contributed by atoms with E-state index >= 15 is 0 Å². The van der Waals surface area contributed by atoms with Gasteiger partial charge in [-0.3, -0.25) is 0 Å². The Bertz CT molecular complexity index is 1210. The van der Waals surface area contributed by atoms with Gasteiger partial charge in [0.15, 0.2) is 0 Å². The van der Waals surface area contributed by atoms with E-state index in [0.29, 0.717) is 0 Å². The number of rotatable bonds is 2. The molecular weight excluding hydrogens is 479 g/mol. The Morgan fingerprint density at radius 1 is 0.394 bits per heavy atom. The Kier molecular flexibility index (Phi) is 10.2. The van der Waals surface area contributed by atoms with Crippen LogP contribution in [0.4, 0.5) is 0 Å². The smallest absolute Gasteiger partial charge is 1.00 e. The van der Waals surface area contributed by atoms with E-state index in [2.05, 4.69) is 121 Å². The minimum Gasteiger partial charge on any atom is -1.00 e. The predicted molar refractivity (Wildman–Crippen MR) is 130 cm³/mol. The molecule has 0 N–H and O–H groups in total. The third kappa shape index (κ3) is 6.25. The van der Waals surface area contributed by atoms with Gasteiger partial charge in [0.05, 0.1) is 0 Å². The molecule has 0 saturated carbocycles. The fraction of sp³-hybridized carbons (Fsp3) is 0. The van der Waals surface area contributed by atoms with Gasteiger partial charge in [-0.1, -0.05) is 108 Å². The van der Waals surface area contributed by atoms with E-state index < -0.39 is 0 Å². The van der Waals surface area contributed by atoms with E-state index in [4.69, 9.17) is 0 Å². The quantitative estimate of drug-likeness (QED) is 0.253. The molecule has 3 heteroatoms. The Morgan fingerprint density at radius 2 is 0.727 bits per heavy atom. The summed E-state index contributed by atoms with van der Waals surface area (Å²) in [4.78, 5) is 0. The number of hydrogen-bond donors (Lipinski definition) is 0. The van der Waals surface area contributed by atoms with Crippen LogP contribution in [0.2, 0.25) is 0 Å². The number of hydrogen-bond acceptors (Lipinski definition) is 0. The first-order chi connectivity index (χ1) is 14.9. The summed E-state index contributed by atoms with van der Waals surface area (Å²) >= 11 is 0. The van der Waals surface area contributed by atoms with Crippen molar-refractivity contribution in [3.8, 4) is 22.3 Å². The first-order valence-corrected chi connectivity index (χ1v) is 10.3. The molecule has 0 aliphatic heterocycles. The fourth-order valence-electron chi connectivity index (χ4n) is 3.90. The summed E-state index contributed by atoms with van der Waals surface area (Å²) in [6.45, 7) is 0. The summed E-state index contributed by atoms with van der Waals surface area (Å²) in [5.41, 5.74) is 5.18. The van der Waals surface area contributed by atoms with E-state index in [1.807, 2.05) is 12.1 Å². The summed E-state index contributed by atoms with van der Waals surface area (Å²) in [5, 5.41) is 5.26. The van der Waals surface area contributed by atoms with Gasteiger partial charge in [0.2, 0.25) is 0 Å². The maximum absolute atomic E-state index is 2.24. The van der Waals surface area contributed by atoms with Crippen LogP contribution in [0.3, 0.4) is 0 Å². The zero-order valence-corrected chi connectivity index (χ0v) is 21.0. The Hall–Kier alpha value is -2.61. The Morgan fingerprint density at radius 3 is 1.09 bits per heavy atom. The van der Waals surface area contributed by atoms with Crippen LogP contribution in [0.15, 0.2) is 133 Å². The first kappa shape index (κ1) is 26.6. The van der Waals surface area contributed by atoms with Crippen LogP contribution in [0.25, 0.3) is 43.8 Å². The molecule has 0 aromatic heterocycles. The van der Waals surface area contributed by atoms with E-state index in [-0.39, 0.29) is 46.5 Å². The van der Waals surface area contributed by atoms with Crippen molar-refractivity contribution in [1.29, 1.82) is 0 Å². The average molecular weight is 501 g/mol. The van der Waals surface area contributed by atoms with Crippen LogP contribution in [0, 0.1) is 0 Å². The summed E-state index contributed by atoms with van der Waals surface area (Å²) < 4.78 is 0. The van der Waals surface area contributed by atoms with Crippen molar-refractivity contribution in [2.75, 3.05) is 0 Å². The molecule has 0 aliphatic carbocycles. The van der Waals surface area contributed by atoms with Crippen LogP contribution >= 0.6 is 0 Å². The molecule has 0 nitrogen and oxygen atoms in total. The largest absolute Gasteiger partial charge is 4.00 e. The van der Waals surface area contributed by atoms with Gasteiger partial charge in [0.25, 0.3) is 0 Å². The fourth-order valence-corrected chi connectivity index (χ4v) is 3.90. The molecule has 6 aromatic rings. The Balaban J connectivity index is 0.000000214. The second kappa shape index (κ2) is 12.6. The van der Waals surface area contributed by atoms with Gasteiger partial charge >= 0.3 is 21.7 Å². The number of halogens is 2. The van der Waals surface area contributed by atoms with Crippen molar-refractivity contribution in [2.45, 2.75) is 0 Å². The van der Waals surface area contributed by atoms with E-state index in [9.17, 15) is 0 Å². The molecule has 0 unspecified atom stereocenters. The molecule has 160 valence electrons. The van der Waals surface area contributed by atoms with Gasteiger partial charge in [0, 0.05) is 0 Å². The summed E-state index contributed by atoms with van der Waals surface area (Å²) in [7, 11) is 0. The molecule has 0 bridgehead atoms. The zero-order valence-electron chi connectivity index (χ0n) is 18.0. The molecule has 6 rings (SSSR count). The van der Waals surface area contributed by atoms with Crippen LogP contribution < -0.4 is 24.8 Å². The van der Waals surface area contributed by atoms with Gasteiger partial charge in [-0.25, -0.2) is 0 Å². The van der Waals surface area contributed by atoms with E-state index in [1.165, 1.54) is 43.8 Å². The standard InChI is InChI=1S/2C15H11.2ClH.Ti/c2*1-2-6-12(7-3-1)15-10-13-8-4-5-9-14(13)11-15;;;/h2*1-11H;2*1H;/q2*-1;;;+4/p-2. The minimum atomic E-state index is 0.